The molecular formula is C42H44N6O10. The summed E-state index contributed by atoms with van der Waals surface area (Å²) in [4.78, 5) is 82.9. The van der Waals surface area contributed by atoms with Gasteiger partial charge < -0.3 is 28.8 Å². The number of benzene rings is 2. The molecule has 1 spiro atoms. The number of fused-ring (bicyclic) bond motifs is 2. The minimum absolute atomic E-state index is 0.0211. The summed E-state index contributed by atoms with van der Waals surface area (Å²) in [7, 11) is 5.00. The predicted octanol–water partition coefficient (Wildman–Crippen LogP) is 2.59. The van der Waals surface area contributed by atoms with Crippen molar-refractivity contribution in [1.29, 1.82) is 0 Å². The van der Waals surface area contributed by atoms with Gasteiger partial charge >= 0.3 is 0 Å². The van der Waals surface area contributed by atoms with Crippen molar-refractivity contribution in [2.45, 2.75) is 50.7 Å². The second kappa shape index (κ2) is 15.7. The molecule has 16 heteroatoms. The van der Waals surface area contributed by atoms with Crippen molar-refractivity contribution in [2.75, 3.05) is 47.1 Å². The highest BCUT2D eigenvalue weighted by Crippen LogP contribution is 2.50. The molecule has 16 nitrogen and oxygen atoms in total. The topological polar surface area (TPSA) is 188 Å². The van der Waals surface area contributed by atoms with E-state index in [0.29, 0.717) is 29.2 Å². The van der Waals surface area contributed by atoms with Gasteiger partial charge in [-0.2, -0.15) is 0 Å². The fraction of sp³-hybridized carbons (Fsp3) is 0.405. The summed E-state index contributed by atoms with van der Waals surface area (Å²) in [5.74, 6) is -0.633. The first-order valence-corrected chi connectivity index (χ1v) is 19.3. The van der Waals surface area contributed by atoms with Crippen molar-refractivity contribution in [3.63, 3.8) is 0 Å². The highest BCUT2D eigenvalue weighted by molar-refractivity contribution is 6.23. The molecule has 0 radical (unpaired) electrons. The zero-order valence-corrected chi connectivity index (χ0v) is 32.5. The fourth-order valence-electron chi connectivity index (χ4n) is 8.61. The van der Waals surface area contributed by atoms with Crippen LogP contribution in [0, 0.1) is 5.41 Å². The van der Waals surface area contributed by atoms with Gasteiger partial charge in [0.05, 0.1) is 49.5 Å². The molecule has 1 aliphatic carbocycles. The number of carbonyl (C=O) groups is 5. The quantitative estimate of drug-likeness (QED) is 0.141. The lowest BCUT2D eigenvalue weighted by atomic mass is 9.59. The van der Waals surface area contributed by atoms with E-state index < -0.39 is 29.7 Å². The van der Waals surface area contributed by atoms with E-state index in [1.807, 2.05) is 24.4 Å². The average Bonchev–Trinajstić information content (AvgIpc) is 3.44. The van der Waals surface area contributed by atoms with Gasteiger partial charge in [-0.3, -0.25) is 48.9 Å². The van der Waals surface area contributed by atoms with Crippen molar-refractivity contribution in [2.24, 2.45) is 12.5 Å². The molecule has 5 amide bonds. The Morgan fingerprint density at radius 2 is 1.67 bits per heavy atom. The fourth-order valence-corrected chi connectivity index (χ4v) is 8.61. The highest BCUT2D eigenvalue weighted by Gasteiger charge is 2.55. The first kappa shape index (κ1) is 38.7. The molecule has 0 bridgehead atoms. The standard InChI is InChI=1S/C42H44N6O10/c1-46-20-30(26-9-12-43-19-29(26)39(46)52)24-16-33(55-2)31(34(17-24)56-3)21-47-22-42(23-47)11-8-35(42)44-37(50)10-13-57-14-15-58-25-4-5-27-28(18-25)41(54)48(40(27)53)32-6-7-36(49)45-38(32)51/h4-5,9,12,16-20,32,35H,6-8,10-11,13-15,21-23H2,1-3H3,(H,44,50)(H,45,49,51). The number of piperidine rings is 1. The van der Waals surface area contributed by atoms with Crippen molar-refractivity contribution < 1.29 is 42.9 Å². The van der Waals surface area contributed by atoms with Crippen LogP contribution >= 0.6 is 0 Å². The Bertz CT molecular complexity index is 2380. The summed E-state index contributed by atoms with van der Waals surface area (Å²) in [5, 5.41) is 6.72. The molecule has 8 rings (SSSR count). The van der Waals surface area contributed by atoms with Crippen LogP contribution in [-0.4, -0.2) is 108 Å². The third-order valence-corrected chi connectivity index (χ3v) is 11.7. The lowest BCUT2D eigenvalue weighted by Crippen LogP contribution is -2.70. The largest absolute Gasteiger partial charge is 0.496 e. The number of nitrogens with zero attached hydrogens (tertiary/aromatic N) is 4. The van der Waals surface area contributed by atoms with Crippen molar-refractivity contribution in [3.8, 4) is 28.4 Å². The van der Waals surface area contributed by atoms with Gasteiger partial charge in [-0.15, -0.1) is 0 Å². The smallest absolute Gasteiger partial charge is 0.262 e. The van der Waals surface area contributed by atoms with E-state index in [-0.39, 0.29) is 73.1 Å². The van der Waals surface area contributed by atoms with E-state index in [4.69, 9.17) is 18.9 Å². The summed E-state index contributed by atoms with van der Waals surface area (Å²) in [5.41, 5.74) is 2.87. The second-order valence-electron chi connectivity index (χ2n) is 15.3. The van der Waals surface area contributed by atoms with E-state index in [0.717, 1.165) is 52.9 Å². The van der Waals surface area contributed by atoms with Gasteiger partial charge in [-0.05, 0) is 66.6 Å². The molecule has 3 aliphatic heterocycles. The number of imide groups is 2. The molecule has 2 aromatic carbocycles. The van der Waals surface area contributed by atoms with Crippen LogP contribution in [0.15, 0.2) is 59.8 Å². The predicted molar refractivity (Wildman–Crippen MR) is 208 cm³/mol. The maximum absolute atomic E-state index is 13.1. The minimum Gasteiger partial charge on any atom is -0.496 e. The number of rotatable bonds is 14. The third-order valence-electron chi connectivity index (χ3n) is 11.7. The number of methoxy groups -OCH3 is 2. The average molecular weight is 793 g/mol. The molecule has 3 fully saturated rings. The molecule has 4 aromatic rings. The number of pyridine rings is 2. The SMILES string of the molecule is COc1cc(-c2cn(C)c(=O)c3cnccc23)cc(OC)c1CN1CC2(CCC2NC(=O)CCOCCOc2ccc3c(c2)C(=O)N(C2CCC(=O)NC2=O)C3=O)C1. The van der Waals surface area contributed by atoms with Crippen LogP contribution in [0.2, 0.25) is 0 Å². The highest BCUT2D eigenvalue weighted by atomic mass is 16.5. The zero-order valence-electron chi connectivity index (χ0n) is 32.5. The Labute approximate surface area is 333 Å². The summed E-state index contributed by atoms with van der Waals surface area (Å²) in [6.07, 6.45) is 7.35. The number of aryl methyl sites for hydroxylation is 1. The number of carbonyl (C=O) groups excluding carboxylic acids is 5. The summed E-state index contributed by atoms with van der Waals surface area (Å²) >= 11 is 0. The Morgan fingerprint density at radius 1 is 0.914 bits per heavy atom. The van der Waals surface area contributed by atoms with Gasteiger partial charge in [0, 0.05) is 75.1 Å². The second-order valence-corrected chi connectivity index (χ2v) is 15.3. The lowest BCUT2D eigenvalue weighted by molar-refractivity contribution is -0.136. The number of hydrogen-bond acceptors (Lipinski definition) is 12. The van der Waals surface area contributed by atoms with Crippen LogP contribution in [-0.2, 0) is 32.7 Å². The van der Waals surface area contributed by atoms with E-state index in [9.17, 15) is 28.8 Å². The van der Waals surface area contributed by atoms with Crippen LogP contribution in [0.1, 0.15) is 58.4 Å². The van der Waals surface area contributed by atoms with E-state index >= 15 is 0 Å². The Hall–Kier alpha value is -6.13. The van der Waals surface area contributed by atoms with E-state index in [1.54, 1.807) is 44.3 Å². The maximum atomic E-state index is 13.1. The van der Waals surface area contributed by atoms with Gasteiger partial charge in [0.25, 0.3) is 17.4 Å². The number of ether oxygens (including phenoxy) is 4. The zero-order chi connectivity index (χ0) is 40.7. The Balaban J connectivity index is 0.789. The molecule has 2 unspecified atom stereocenters. The van der Waals surface area contributed by atoms with Crippen LogP contribution in [0.4, 0.5) is 0 Å². The molecule has 2 atom stereocenters. The van der Waals surface area contributed by atoms with Crippen molar-refractivity contribution in [3.05, 3.63) is 82.0 Å². The number of hydrogen-bond donors (Lipinski definition) is 2. The van der Waals surface area contributed by atoms with Gasteiger partial charge in [0.1, 0.15) is 29.9 Å². The number of aromatic nitrogens is 2. The van der Waals surface area contributed by atoms with Crippen molar-refractivity contribution >= 4 is 40.3 Å². The van der Waals surface area contributed by atoms with Gasteiger partial charge in [-0.25, -0.2) is 0 Å². The summed E-state index contributed by atoms with van der Waals surface area (Å²) < 4.78 is 24.7. The molecule has 4 aliphatic rings. The maximum Gasteiger partial charge on any atom is 0.262 e. The molecule has 302 valence electrons. The Morgan fingerprint density at radius 3 is 2.38 bits per heavy atom. The number of amides is 5. The lowest BCUT2D eigenvalue weighted by Gasteiger charge is -2.61. The van der Waals surface area contributed by atoms with E-state index in [2.05, 4.69) is 20.5 Å². The minimum atomic E-state index is -1.04. The molecule has 2 N–H and O–H groups in total. The van der Waals surface area contributed by atoms with Crippen molar-refractivity contribution in [1.82, 2.24) is 30.0 Å². The molecule has 1 saturated carbocycles. The van der Waals surface area contributed by atoms with E-state index in [1.165, 1.54) is 12.1 Å². The van der Waals surface area contributed by atoms with Crippen LogP contribution in [0.5, 0.6) is 17.2 Å². The normalized spacial score (nSPS) is 19.7. The third kappa shape index (κ3) is 7.06. The molecule has 2 aromatic heterocycles. The molecule has 5 heterocycles. The van der Waals surface area contributed by atoms with Crippen LogP contribution in [0.3, 0.4) is 0 Å². The van der Waals surface area contributed by atoms with Gasteiger partial charge in [0.15, 0.2) is 0 Å². The number of likely N-dealkylation sites (tertiary alicyclic amines) is 1. The molecule has 58 heavy (non-hydrogen) atoms. The monoisotopic (exact) mass is 792 g/mol. The van der Waals surface area contributed by atoms with Crippen LogP contribution < -0.4 is 30.4 Å². The first-order chi connectivity index (χ1) is 28.0. The summed E-state index contributed by atoms with van der Waals surface area (Å²) in [6.45, 7) is 2.84. The molecular weight excluding hydrogens is 748 g/mol. The first-order valence-electron chi connectivity index (χ1n) is 19.3. The summed E-state index contributed by atoms with van der Waals surface area (Å²) in [6, 6.07) is 9.36. The van der Waals surface area contributed by atoms with Crippen LogP contribution in [0.25, 0.3) is 21.9 Å². The Kier molecular flexibility index (Phi) is 10.5. The molecule has 2 saturated heterocycles. The van der Waals surface area contributed by atoms with Gasteiger partial charge in [0.2, 0.25) is 17.7 Å². The van der Waals surface area contributed by atoms with Gasteiger partial charge in [-0.1, -0.05) is 0 Å². The number of nitrogens with one attached hydrogen (secondary N) is 2.